The second kappa shape index (κ2) is 5.95. The van der Waals surface area contributed by atoms with Crippen LogP contribution < -0.4 is 0 Å². The Morgan fingerprint density at radius 2 is 2.14 bits per heavy atom. The summed E-state index contributed by atoms with van der Waals surface area (Å²) in [4.78, 5) is 15.9. The Balaban J connectivity index is 1.73. The molecule has 3 aromatic heterocycles. The minimum absolute atomic E-state index is 0.0513. The zero-order valence-electron chi connectivity index (χ0n) is 11.3. The molecule has 0 spiro atoms. The number of hydrogen-bond donors (Lipinski definition) is 2. The molecule has 0 bridgehead atoms. The van der Waals surface area contributed by atoms with Crippen molar-refractivity contribution in [3.8, 4) is 0 Å². The van der Waals surface area contributed by atoms with Crippen molar-refractivity contribution < 1.29 is 9.90 Å². The summed E-state index contributed by atoms with van der Waals surface area (Å²) >= 11 is 0. The Morgan fingerprint density at radius 1 is 1.32 bits per heavy atom. The molecule has 0 aliphatic carbocycles. The van der Waals surface area contributed by atoms with Crippen LogP contribution in [0.4, 0.5) is 0 Å². The standard InChI is InChI=1S/C13H11N7O2/c21-11(7-12(22)13-15-18-19-16-13)10-3-6-20(17-10)8-9-1-4-14-5-2-9/h1-7,22H,8H2,(H,15,16,18,19). The molecule has 9 nitrogen and oxygen atoms in total. The molecule has 110 valence electrons. The first kappa shape index (κ1) is 13.6. The molecule has 0 aliphatic heterocycles. The van der Waals surface area contributed by atoms with Gasteiger partial charge in [0.05, 0.1) is 6.54 Å². The van der Waals surface area contributed by atoms with Crippen LogP contribution in [0.2, 0.25) is 0 Å². The van der Waals surface area contributed by atoms with Crippen molar-refractivity contribution in [3.63, 3.8) is 0 Å². The van der Waals surface area contributed by atoms with Gasteiger partial charge in [0.2, 0.25) is 11.6 Å². The third-order valence-electron chi connectivity index (χ3n) is 2.83. The van der Waals surface area contributed by atoms with Gasteiger partial charge in [-0.2, -0.15) is 10.3 Å². The summed E-state index contributed by atoms with van der Waals surface area (Å²) in [6, 6.07) is 5.31. The zero-order chi connectivity index (χ0) is 15.4. The number of allylic oxidation sites excluding steroid dienone is 1. The number of pyridine rings is 1. The van der Waals surface area contributed by atoms with Crippen LogP contribution in [0.5, 0.6) is 0 Å². The SMILES string of the molecule is O=C(C=C(O)c1nn[nH]n1)c1ccn(Cc2ccncc2)n1. The first-order valence-electron chi connectivity index (χ1n) is 6.33. The van der Waals surface area contributed by atoms with Crippen molar-refractivity contribution in [2.45, 2.75) is 6.54 Å². The number of ketones is 1. The number of aliphatic hydroxyl groups excluding tert-OH is 1. The van der Waals surface area contributed by atoms with Crippen LogP contribution in [0, 0.1) is 0 Å². The van der Waals surface area contributed by atoms with E-state index in [1.807, 2.05) is 12.1 Å². The van der Waals surface area contributed by atoms with Gasteiger partial charge in [-0.25, -0.2) is 0 Å². The van der Waals surface area contributed by atoms with Crippen LogP contribution in [0.1, 0.15) is 21.9 Å². The highest BCUT2D eigenvalue weighted by molar-refractivity contribution is 6.06. The van der Waals surface area contributed by atoms with Crippen LogP contribution in [-0.4, -0.2) is 46.3 Å². The van der Waals surface area contributed by atoms with Crippen LogP contribution in [0.15, 0.2) is 42.9 Å². The number of nitrogens with one attached hydrogen (secondary N) is 1. The Kier molecular flexibility index (Phi) is 3.69. The highest BCUT2D eigenvalue weighted by Gasteiger charge is 2.12. The zero-order valence-corrected chi connectivity index (χ0v) is 11.3. The first-order valence-corrected chi connectivity index (χ1v) is 6.33. The third kappa shape index (κ3) is 3.03. The number of rotatable bonds is 5. The molecule has 9 heteroatoms. The van der Waals surface area contributed by atoms with Gasteiger partial charge in [0.1, 0.15) is 5.69 Å². The number of carbonyl (C=O) groups is 1. The van der Waals surface area contributed by atoms with Crippen LogP contribution in [-0.2, 0) is 6.54 Å². The number of H-pyrrole nitrogens is 1. The molecule has 0 amide bonds. The molecule has 0 saturated carbocycles. The first-order chi connectivity index (χ1) is 10.7. The predicted molar refractivity (Wildman–Crippen MR) is 74.7 cm³/mol. The van der Waals surface area contributed by atoms with E-state index >= 15 is 0 Å². The maximum atomic E-state index is 12.0. The number of aromatic amines is 1. The fourth-order valence-electron chi connectivity index (χ4n) is 1.79. The summed E-state index contributed by atoms with van der Waals surface area (Å²) in [7, 11) is 0. The van der Waals surface area contributed by atoms with Crippen molar-refractivity contribution in [2.75, 3.05) is 0 Å². The number of hydrogen-bond acceptors (Lipinski definition) is 7. The van der Waals surface area contributed by atoms with E-state index in [1.54, 1.807) is 29.3 Å². The van der Waals surface area contributed by atoms with Crippen molar-refractivity contribution in [1.29, 1.82) is 0 Å². The monoisotopic (exact) mass is 297 g/mol. The number of carbonyl (C=O) groups excluding carboxylic acids is 1. The van der Waals surface area contributed by atoms with E-state index in [1.165, 1.54) is 0 Å². The Bertz CT molecular complexity index is 793. The Labute approximate surface area is 124 Å². The van der Waals surface area contributed by atoms with Gasteiger partial charge in [0.25, 0.3) is 0 Å². The second-order valence-corrected chi connectivity index (χ2v) is 4.38. The molecular formula is C13H11N7O2. The van der Waals surface area contributed by atoms with Gasteiger partial charge in [-0.05, 0) is 29.0 Å². The molecule has 0 atom stereocenters. The molecular weight excluding hydrogens is 286 g/mol. The van der Waals surface area contributed by atoms with Crippen LogP contribution >= 0.6 is 0 Å². The Morgan fingerprint density at radius 3 is 2.86 bits per heavy atom. The van der Waals surface area contributed by atoms with Gasteiger partial charge in [0.15, 0.2) is 5.76 Å². The molecule has 3 rings (SSSR count). The lowest BCUT2D eigenvalue weighted by Crippen LogP contribution is -2.04. The highest BCUT2D eigenvalue weighted by Crippen LogP contribution is 2.07. The maximum absolute atomic E-state index is 12.0. The summed E-state index contributed by atoms with van der Waals surface area (Å²) in [6.07, 6.45) is 6.07. The lowest BCUT2D eigenvalue weighted by molar-refractivity contribution is 0.104. The third-order valence-corrected chi connectivity index (χ3v) is 2.83. The van der Waals surface area contributed by atoms with E-state index in [0.29, 0.717) is 6.54 Å². The molecule has 0 radical (unpaired) electrons. The molecule has 0 aliphatic rings. The number of nitrogens with zero attached hydrogens (tertiary/aromatic N) is 6. The molecule has 3 heterocycles. The lowest BCUT2D eigenvalue weighted by Gasteiger charge is -2.00. The summed E-state index contributed by atoms with van der Waals surface area (Å²) in [5.41, 5.74) is 1.23. The average molecular weight is 297 g/mol. The Hall–Kier alpha value is -3.36. The van der Waals surface area contributed by atoms with E-state index < -0.39 is 5.78 Å². The predicted octanol–water partition coefficient (Wildman–Crippen LogP) is 0.621. The molecule has 22 heavy (non-hydrogen) atoms. The summed E-state index contributed by atoms with van der Waals surface area (Å²) < 4.78 is 1.63. The largest absolute Gasteiger partial charge is 0.504 e. The van der Waals surface area contributed by atoms with Crippen molar-refractivity contribution in [3.05, 3.63) is 59.9 Å². The number of aromatic nitrogens is 7. The quantitative estimate of drug-likeness (QED) is 0.402. The molecule has 2 N–H and O–H groups in total. The van der Waals surface area contributed by atoms with Crippen molar-refractivity contribution >= 4 is 11.5 Å². The summed E-state index contributed by atoms with van der Waals surface area (Å²) in [5.74, 6) is -0.872. The lowest BCUT2D eigenvalue weighted by atomic mass is 10.2. The van der Waals surface area contributed by atoms with Gasteiger partial charge in [-0.15, -0.1) is 10.2 Å². The van der Waals surface area contributed by atoms with Crippen molar-refractivity contribution in [1.82, 2.24) is 35.4 Å². The van der Waals surface area contributed by atoms with E-state index in [2.05, 4.69) is 30.7 Å². The average Bonchev–Trinajstić information content (AvgIpc) is 3.19. The molecule has 3 aromatic rings. The van der Waals surface area contributed by atoms with E-state index in [9.17, 15) is 9.90 Å². The topological polar surface area (TPSA) is 122 Å². The molecule has 0 fully saturated rings. The number of tetrazole rings is 1. The van der Waals surface area contributed by atoms with E-state index in [4.69, 9.17) is 0 Å². The maximum Gasteiger partial charge on any atom is 0.239 e. The highest BCUT2D eigenvalue weighted by atomic mass is 16.3. The minimum atomic E-state index is -0.448. The second-order valence-electron chi connectivity index (χ2n) is 4.38. The molecule has 0 saturated heterocycles. The molecule has 0 aromatic carbocycles. The van der Waals surface area contributed by atoms with E-state index in [0.717, 1.165) is 11.6 Å². The van der Waals surface area contributed by atoms with E-state index in [-0.39, 0.29) is 17.3 Å². The number of aliphatic hydroxyl groups is 1. The van der Waals surface area contributed by atoms with Crippen LogP contribution in [0.25, 0.3) is 5.76 Å². The van der Waals surface area contributed by atoms with Crippen molar-refractivity contribution in [2.24, 2.45) is 0 Å². The smallest absolute Gasteiger partial charge is 0.239 e. The fourth-order valence-corrected chi connectivity index (χ4v) is 1.79. The summed E-state index contributed by atoms with van der Waals surface area (Å²) in [5, 5.41) is 26.5. The van der Waals surface area contributed by atoms with Gasteiger partial charge in [-0.3, -0.25) is 14.5 Å². The van der Waals surface area contributed by atoms with Gasteiger partial charge < -0.3 is 5.11 Å². The van der Waals surface area contributed by atoms with Gasteiger partial charge >= 0.3 is 0 Å². The molecule has 0 unspecified atom stereocenters. The van der Waals surface area contributed by atoms with Crippen LogP contribution in [0.3, 0.4) is 0 Å². The normalized spacial score (nSPS) is 11.5. The fraction of sp³-hybridized carbons (Fsp3) is 0.0769. The van der Waals surface area contributed by atoms with Gasteiger partial charge in [0, 0.05) is 24.7 Å². The minimum Gasteiger partial charge on any atom is -0.504 e. The summed E-state index contributed by atoms with van der Waals surface area (Å²) in [6.45, 7) is 0.524. The van der Waals surface area contributed by atoms with Gasteiger partial charge in [-0.1, -0.05) is 0 Å².